The van der Waals surface area contributed by atoms with Crippen LogP contribution in [0.4, 0.5) is 18.9 Å². The molecule has 0 atom stereocenters. The van der Waals surface area contributed by atoms with Gasteiger partial charge in [0.25, 0.3) is 0 Å². The lowest BCUT2D eigenvalue weighted by molar-refractivity contribution is -0.137. The van der Waals surface area contributed by atoms with Crippen LogP contribution in [-0.4, -0.2) is 37.2 Å². The predicted molar refractivity (Wildman–Crippen MR) is 125 cm³/mol. The highest BCUT2D eigenvalue weighted by molar-refractivity contribution is 7.99. The molecule has 35 heavy (non-hydrogen) atoms. The van der Waals surface area contributed by atoms with Gasteiger partial charge in [0.05, 0.1) is 17.0 Å². The molecule has 0 saturated carbocycles. The van der Waals surface area contributed by atoms with Crippen LogP contribution in [0, 0.1) is 0 Å². The lowest BCUT2D eigenvalue weighted by atomic mass is 10.1. The Hall–Kier alpha value is -3.99. The monoisotopic (exact) mass is 497 g/mol. The summed E-state index contributed by atoms with van der Waals surface area (Å²) in [5.74, 6) is -0.312. The number of nitrogens with one attached hydrogen (secondary N) is 1. The lowest BCUT2D eigenvalue weighted by Crippen LogP contribution is -2.15. The number of carbonyl (C=O) groups is 2. The average molecular weight is 498 g/mol. The summed E-state index contributed by atoms with van der Waals surface area (Å²) in [4.78, 5) is 28.2. The summed E-state index contributed by atoms with van der Waals surface area (Å²) in [6, 6.07) is 14.7. The average Bonchev–Trinajstić information content (AvgIpc) is 3.27. The second-order valence-electron chi connectivity index (χ2n) is 7.41. The molecule has 0 radical (unpaired) electrons. The zero-order valence-corrected chi connectivity index (χ0v) is 19.1. The number of anilines is 1. The molecule has 0 fully saturated rings. The number of thioether (sulfide) groups is 1. The summed E-state index contributed by atoms with van der Waals surface area (Å²) >= 11 is 1.02. The molecule has 7 nitrogen and oxygen atoms in total. The predicted octanol–water partition coefficient (Wildman–Crippen LogP) is 5.28. The van der Waals surface area contributed by atoms with Crippen molar-refractivity contribution in [1.29, 1.82) is 0 Å². The van der Waals surface area contributed by atoms with E-state index in [4.69, 9.17) is 0 Å². The summed E-state index contributed by atoms with van der Waals surface area (Å²) in [5.41, 5.74) is 0.843. The van der Waals surface area contributed by atoms with Crippen molar-refractivity contribution in [3.8, 4) is 17.1 Å². The zero-order valence-electron chi connectivity index (χ0n) is 18.3. The van der Waals surface area contributed by atoms with Gasteiger partial charge in [0, 0.05) is 29.2 Å². The summed E-state index contributed by atoms with van der Waals surface area (Å²) in [5, 5.41) is 11.2. The molecule has 0 aliphatic rings. The van der Waals surface area contributed by atoms with E-state index >= 15 is 0 Å². The van der Waals surface area contributed by atoms with Gasteiger partial charge in [0.2, 0.25) is 5.91 Å². The first-order chi connectivity index (χ1) is 16.7. The van der Waals surface area contributed by atoms with E-state index in [0.29, 0.717) is 16.8 Å². The van der Waals surface area contributed by atoms with Crippen LogP contribution < -0.4 is 5.32 Å². The number of nitrogens with zero attached hydrogens (tertiary/aromatic N) is 4. The van der Waals surface area contributed by atoms with Crippen LogP contribution in [0.15, 0.2) is 78.2 Å². The quantitative estimate of drug-likeness (QED) is 0.276. The number of ketones is 1. The molecular formula is C24H18F3N5O2S. The molecule has 0 unspecified atom stereocenters. The zero-order chi connectivity index (χ0) is 25.0. The summed E-state index contributed by atoms with van der Waals surface area (Å²) < 4.78 is 41.5. The second-order valence-corrected chi connectivity index (χ2v) is 8.35. The minimum atomic E-state index is -4.53. The first kappa shape index (κ1) is 24.1. The number of Topliss-reactive ketones (excluding diaryl/α,β-unsaturated/α-hetero) is 1. The minimum Gasteiger partial charge on any atom is -0.325 e. The number of benzene rings is 2. The number of hydrogen-bond acceptors (Lipinski definition) is 6. The smallest absolute Gasteiger partial charge is 0.325 e. The molecule has 178 valence electrons. The molecule has 4 aromatic rings. The van der Waals surface area contributed by atoms with E-state index in [1.54, 1.807) is 42.6 Å². The minimum absolute atomic E-state index is 0.0889. The summed E-state index contributed by atoms with van der Waals surface area (Å²) in [6.45, 7) is 1.43. The number of pyridine rings is 1. The molecule has 2 heterocycles. The number of hydrogen-bond donors (Lipinski definition) is 1. The molecule has 0 bridgehead atoms. The van der Waals surface area contributed by atoms with Gasteiger partial charge in [-0.15, -0.1) is 10.2 Å². The van der Waals surface area contributed by atoms with E-state index in [2.05, 4.69) is 20.5 Å². The molecule has 0 aliphatic carbocycles. The maximum Gasteiger partial charge on any atom is 0.416 e. The van der Waals surface area contributed by atoms with Crippen molar-refractivity contribution in [1.82, 2.24) is 19.7 Å². The van der Waals surface area contributed by atoms with Crippen LogP contribution in [0.3, 0.4) is 0 Å². The maximum atomic E-state index is 13.3. The van der Waals surface area contributed by atoms with E-state index < -0.39 is 11.7 Å². The molecular weight excluding hydrogens is 479 g/mol. The van der Waals surface area contributed by atoms with E-state index in [0.717, 1.165) is 23.9 Å². The molecule has 0 spiro atoms. The fourth-order valence-electron chi connectivity index (χ4n) is 3.24. The van der Waals surface area contributed by atoms with Crippen molar-refractivity contribution in [2.75, 3.05) is 11.1 Å². The molecule has 11 heteroatoms. The van der Waals surface area contributed by atoms with E-state index in [1.165, 1.54) is 29.8 Å². The molecule has 4 rings (SSSR count). The van der Waals surface area contributed by atoms with Gasteiger partial charge in [-0.2, -0.15) is 13.2 Å². The number of rotatable bonds is 7. The maximum absolute atomic E-state index is 13.3. The van der Waals surface area contributed by atoms with Crippen molar-refractivity contribution in [2.24, 2.45) is 0 Å². The fraction of sp³-hybridized carbons (Fsp3) is 0.125. The third-order valence-corrected chi connectivity index (χ3v) is 5.80. The molecule has 1 amide bonds. The molecule has 0 saturated heterocycles. The van der Waals surface area contributed by atoms with Gasteiger partial charge in [-0.25, -0.2) is 0 Å². The Morgan fingerprint density at radius 2 is 1.83 bits per heavy atom. The van der Waals surface area contributed by atoms with Crippen LogP contribution in [0.1, 0.15) is 22.8 Å². The van der Waals surface area contributed by atoms with Crippen molar-refractivity contribution in [2.45, 2.75) is 18.3 Å². The third-order valence-electron chi connectivity index (χ3n) is 4.87. The number of amides is 1. The van der Waals surface area contributed by atoms with Crippen molar-refractivity contribution >= 4 is 29.1 Å². The van der Waals surface area contributed by atoms with Crippen LogP contribution >= 0.6 is 11.8 Å². The van der Waals surface area contributed by atoms with E-state index in [1.807, 2.05) is 0 Å². The van der Waals surface area contributed by atoms with Crippen molar-refractivity contribution in [3.63, 3.8) is 0 Å². The molecule has 0 aliphatic heterocycles. The Morgan fingerprint density at radius 3 is 2.54 bits per heavy atom. The molecule has 2 aromatic heterocycles. The highest BCUT2D eigenvalue weighted by atomic mass is 32.2. The van der Waals surface area contributed by atoms with E-state index in [-0.39, 0.29) is 34.1 Å². The highest BCUT2D eigenvalue weighted by Crippen LogP contribution is 2.33. The van der Waals surface area contributed by atoms with Crippen LogP contribution in [0.2, 0.25) is 0 Å². The molecule has 2 aromatic carbocycles. The Labute approximate surface area is 202 Å². The van der Waals surface area contributed by atoms with Gasteiger partial charge in [-0.3, -0.25) is 19.1 Å². The normalized spacial score (nSPS) is 11.3. The SMILES string of the molecule is CC(=O)c1cccc(NC(=O)CSc2nnc(-c3cccnc3)n2-c2cccc(C(F)(F)F)c2)c1. The Morgan fingerprint density at radius 1 is 1.03 bits per heavy atom. The number of alkyl halides is 3. The fourth-order valence-corrected chi connectivity index (χ4v) is 3.99. The highest BCUT2D eigenvalue weighted by Gasteiger charge is 2.31. The van der Waals surface area contributed by atoms with Crippen molar-refractivity contribution < 1.29 is 22.8 Å². The van der Waals surface area contributed by atoms with Gasteiger partial charge < -0.3 is 5.32 Å². The first-order valence-corrected chi connectivity index (χ1v) is 11.3. The lowest BCUT2D eigenvalue weighted by Gasteiger charge is -2.13. The van der Waals surface area contributed by atoms with Crippen LogP contribution in [0.25, 0.3) is 17.1 Å². The second kappa shape index (κ2) is 10.1. The van der Waals surface area contributed by atoms with Crippen molar-refractivity contribution in [3.05, 3.63) is 84.2 Å². The topological polar surface area (TPSA) is 89.8 Å². The summed E-state index contributed by atoms with van der Waals surface area (Å²) in [7, 11) is 0. The standard InChI is InChI=1S/C24H18F3N5O2S/c1-15(33)16-5-2-8-19(11-16)29-21(34)14-35-23-31-30-22(17-6-4-10-28-13-17)32(23)20-9-3-7-18(12-20)24(25,26)27/h2-13H,14H2,1H3,(H,29,34). The van der Waals surface area contributed by atoms with Gasteiger partial charge in [0.15, 0.2) is 16.8 Å². The van der Waals surface area contributed by atoms with E-state index in [9.17, 15) is 22.8 Å². The number of halogens is 3. The third kappa shape index (κ3) is 5.75. The van der Waals surface area contributed by atoms with Gasteiger partial charge in [-0.05, 0) is 49.4 Å². The Balaban J connectivity index is 1.62. The van der Waals surface area contributed by atoms with Gasteiger partial charge >= 0.3 is 6.18 Å². The summed E-state index contributed by atoms with van der Waals surface area (Å²) in [6.07, 6.45) is -1.44. The van der Waals surface area contributed by atoms with Gasteiger partial charge in [0.1, 0.15) is 0 Å². The number of carbonyl (C=O) groups excluding carboxylic acids is 2. The van der Waals surface area contributed by atoms with Crippen LogP contribution in [-0.2, 0) is 11.0 Å². The first-order valence-electron chi connectivity index (χ1n) is 10.3. The molecule has 1 N–H and O–H groups in total. The largest absolute Gasteiger partial charge is 0.416 e. The Kier molecular flexibility index (Phi) is 6.97. The Bertz CT molecular complexity index is 1370. The number of aromatic nitrogens is 4. The van der Waals surface area contributed by atoms with Crippen LogP contribution in [0.5, 0.6) is 0 Å². The van der Waals surface area contributed by atoms with Gasteiger partial charge in [-0.1, -0.05) is 30.0 Å².